The number of rotatable bonds is 9. The second kappa shape index (κ2) is 12.6. The summed E-state index contributed by atoms with van der Waals surface area (Å²) in [5.41, 5.74) is 2.04. The van der Waals surface area contributed by atoms with Crippen LogP contribution in [-0.2, 0) is 11.3 Å². The van der Waals surface area contributed by atoms with Gasteiger partial charge in [0.25, 0.3) is 0 Å². The quantitative estimate of drug-likeness (QED) is 0.181. The molecule has 0 aliphatic rings. The van der Waals surface area contributed by atoms with Gasteiger partial charge in [0.1, 0.15) is 6.26 Å². The summed E-state index contributed by atoms with van der Waals surface area (Å²) in [6.45, 7) is 4.09. The molecule has 0 aliphatic heterocycles. The number of thiophene rings is 1. The van der Waals surface area contributed by atoms with Gasteiger partial charge in [-0.2, -0.15) is 0 Å². The van der Waals surface area contributed by atoms with Crippen molar-refractivity contribution < 1.29 is 9.15 Å². The minimum atomic E-state index is 0. The molecule has 0 fully saturated rings. The molecule has 0 bridgehead atoms. The van der Waals surface area contributed by atoms with Gasteiger partial charge in [0.2, 0.25) is 5.89 Å². The zero-order valence-electron chi connectivity index (χ0n) is 16.6. The fourth-order valence-corrected chi connectivity index (χ4v) is 3.31. The fourth-order valence-electron chi connectivity index (χ4n) is 2.66. The molecule has 0 aliphatic carbocycles. The van der Waals surface area contributed by atoms with Crippen molar-refractivity contribution in [3.05, 3.63) is 65.4 Å². The SMILES string of the molecule is CN=C(NCCCOC(C)c1ccccc1)NCc1coc(-c2cccs2)n1.I. The molecular formula is C21H27IN4O2S. The Labute approximate surface area is 192 Å². The highest BCUT2D eigenvalue weighted by Crippen LogP contribution is 2.23. The van der Waals surface area contributed by atoms with E-state index in [0.29, 0.717) is 19.0 Å². The first-order chi connectivity index (χ1) is 13.8. The number of nitrogens with one attached hydrogen (secondary N) is 2. The van der Waals surface area contributed by atoms with Crippen LogP contribution >= 0.6 is 35.3 Å². The lowest BCUT2D eigenvalue weighted by molar-refractivity contribution is 0.0646. The van der Waals surface area contributed by atoms with Gasteiger partial charge in [0, 0.05) is 20.2 Å². The molecule has 8 heteroatoms. The Morgan fingerprint density at radius 2 is 2.03 bits per heavy atom. The number of ether oxygens (including phenoxy) is 1. The number of oxazole rings is 1. The first-order valence-corrected chi connectivity index (χ1v) is 10.2. The molecule has 0 saturated heterocycles. The van der Waals surface area contributed by atoms with Crippen LogP contribution < -0.4 is 10.6 Å². The average Bonchev–Trinajstić information content (AvgIpc) is 3.42. The highest BCUT2D eigenvalue weighted by atomic mass is 127. The Morgan fingerprint density at radius 3 is 2.76 bits per heavy atom. The van der Waals surface area contributed by atoms with Gasteiger partial charge in [-0.15, -0.1) is 35.3 Å². The molecule has 6 nitrogen and oxygen atoms in total. The Hall–Kier alpha value is -1.91. The molecule has 0 radical (unpaired) electrons. The van der Waals surface area contributed by atoms with Crippen molar-refractivity contribution in [2.24, 2.45) is 4.99 Å². The minimum absolute atomic E-state index is 0. The highest BCUT2D eigenvalue weighted by Gasteiger charge is 2.08. The predicted molar refractivity (Wildman–Crippen MR) is 129 cm³/mol. The maximum absolute atomic E-state index is 5.89. The van der Waals surface area contributed by atoms with Crippen LogP contribution in [0.4, 0.5) is 0 Å². The number of nitrogens with zero attached hydrogens (tertiary/aromatic N) is 2. The Kier molecular flexibility index (Phi) is 10.2. The van der Waals surface area contributed by atoms with E-state index in [0.717, 1.165) is 29.5 Å². The van der Waals surface area contributed by atoms with E-state index in [9.17, 15) is 0 Å². The van der Waals surface area contributed by atoms with Crippen LogP contribution in [-0.4, -0.2) is 31.1 Å². The molecule has 3 aromatic rings. The van der Waals surface area contributed by atoms with Crippen molar-refractivity contribution in [2.45, 2.75) is 26.0 Å². The highest BCUT2D eigenvalue weighted by molar-refractivity contribution is 14.0. The van der Waals surface area contributed by atoms with Crippen LogP contribution in [0.1, 0.15) is 30.7 Å². The fraction of sp³-hybridized carbons (Fsp3) is 0.333. The molecule has 2 heterocycles. The molecule has 156 valence electrons. The number of aliphatic imine (C=N–C) groups is 1. The molecule has 0 spiro atoms. The molecule has 0 amide bonds. The van der Waals surface area contributed by atoms with Crippen LogP contribution in [0.5, 0.6) is 0 Å². The number of guanidine groups is 1. The second-order valence-electron chi connectivity index (χ2n) is 6.25. The molecular weight excluding hydrogens is 499 g/mol. The number of hydrogen-bond donors (Lipinski definition) is 2. The largest absolute Gasteiger partial charge is 0.443 e. The summed E-state index contributed by atoms with van der Waals surface area (Å²) in [5, 5.41) is 8.55. The monoisotopic (exact) mass is 526 g/mol. The Bertz CT molecular complexity index is 853. The first kappa shape index (κ1) is 23.4. The zero-order chi connectivity index (χ0) is 19.6. The summed E-state index contributed by atoms with van der Waals surface area (Å²) in [5.74, 6) is 1.39. The smallest absolute Gasteiger partial charge is 0.236 e. The van der Waals surface area contributed by atoms with E-state index in [1.807, 2.05) is 35.7 Å². The van der Waals surface area contributed by atoms with Gasteiger partial charge in [0.15, 0.2) is 5.96 Å². The summed E-state index contributed by atoms with van der Waals surface area (Å²) in [7, 11) is 1.75. The van der Waals surface area contributed by atoms with Crippen molar-refractivity contribution in [1.82, 2.24) is 15.6 Å². The summed E-state index contributed by atoms with van der Waals surface area (Å²) < 4.78 is 11.4. The Balaban J connectivity index is 0.00000300. The van der Waals surface area contributed by atoms with Crippen LogP contribution in [0.2, 0.25) is 0 Å². The topological polar surface area (TPSA) is 71.7 Å². The van der Waals surface area contributed by atoms with Crippen molar-refractivity contribution in [2.75, 3.05) is 20.2 Å². The molecule has 2 aromatic heterocycles. The third-order valence-corrected chi connectivity index (χ3v) is 5.05. The molecule has 1 aromatic carbocycles. The van der Waals surface area contributed by atoms with Gasteiger partial charge < -0.3 is 19.8 Å². The van der Waals surface area contributed by atoms with Gasteiger partial charge in [-0.1, -0.05) is 36.4 Å². The van der Waals surface area contributed by atoms with Gasteiger partial charge in [-0.25, -0.2) is 4.98 Å². The molecule has 1 atom stereocenters. The maximum Gasteiger partial charge on any atom is 0.236 e. The van der Waals surface area contributed by atoms with Crippen LogP contribution in [0.25, 0.3) is 10.8 Å². The van der Waals surface area contributed by atoms with Gasteiger partial charge in [-0.3, -0.25) is 4.99 Å². The summed E-state index contributed by atoms with van der Waals surface area (Å²) in [6, 6.07) is 14.2. The number of hydrogen-bond acceptors (Lipinski definition) is 5. The van der Waals surface area contributed by atoms with Crippen molar-refractivity contribution >= 4 is 41.3 Å². The normalized spacial score (nSPS) is 12.3. The standard InChI is InChI=1S/C21H26N4O2S.HI/c1-16(17-8-4-3-5-9-17)26-12-7-11-23-21(22-2)24-14-18-15-27-20(25-18)19-10-6-13-28-19;/h3-6,8-10,13,15-16H,7,11-12,14H2,1-2H3,(H2,22,23,24);1H. The summed E-state index contributed by atoms with van der Waals surface area (Å²) in [6.07, 6.45) is 2.67. The number of benzene rings is 1. The number of aromatic nitrogens is 1. The van der Waals surface area contributed by atoms with Gasteiger partial charge >= 0.3 is 0 Å². The van der Waals surface area contributed by atoms with E-state index < -0.39 is 0 Å². The van der Waals surface area contributed by atoms with Gasteiger partial charge in [0.05, 0.1) is 23.2 Å². The lowest BCUT2D eigenvalue weighted by Crippen LogP contribution is -2.37. The average molecular weight is 526 g/mol. The Morgan fingerprint density at radius 1 is 1.21 bits per heavy atom. The zero-order valence-corrected chi connectivity index (χ0v) is 19.8. The van der Waals surface area contributed by atoms with Crippen molar-refractivity contribution in [1.29, 1.82) is 0 Å². The summed E-state index contributed by atoms with van der Waals surface area (Å²) >= 11 is 1.61. The molecule has 2 N–H and O–H groups in total. The maximum atomic E-state index is 5.89. The number of halogens is 1. The van der Waals surface area contributed by atoms with E-state index in [2.05, 4.69) is 39.7 Å². The molecule has 0 saturated carbocycles. The minimum Gasteiger partial charge on any atom is -0.443 e. The predicted octanol–water partition coefficient (Wildman–Crippen LogP) is 4.85. The van der Waals surface area contributed by atoms with Crippen molar-refractivity contribution in [3.8, 4) is 10.8 Å². The third kappa shape index (κ3) is 7.45. The third-order valence-electron chi connectivity index (χ3n) is 4.19. The van der Waals surface area contributed by atoms with E-state index in [1.165, 1.54) is 5.56 Å². The lowest BCUT2D eigenvalue weighted by Gasteiger charge is -2.14. The first-order valence-electron chi connectivity index (χ1n) is 9.35. The van der Waals surface area contributed by atoms with E-state index in [1.54, 1.807) is 24.6 Å². The van der Waals surface area contributed by atoms with Crippen LogP contribution in [0.3, 0.4) is 0 Å². The van der Waals surface area contributed by atoms with Crippen molar-refractivity contribution in [3.63, 3.8) is 0 Å². The van der Waals surface area contributed by atoms with Crippen LogP contribution in [0.15, 0.2) is 63.5 Å². The lowest BCUT2D eigenvalue weighted by atomic mass is 10.1. The molecule has 3 rings (SSSR count). The molecule has 1 unspecified atom stereocenters. The van der Waals surface area contributed by atoms with Gasteiger partial charge in [-0.05, 0) is 30.4 Å². The van der Waals surface area contributed by atoms with E-state index >= 15 is 0 Å². The van der Waals surface area contributed by atoms with Crippen LogP contribution in [0, 0.1) is 0 Å². The second-order valence-corrected chi connectivity index (χ2v) is 7.20. The summed E-state index contributed by atoms with van der Waals surface area (Å²) in [4.78, 5) is 9.76. The molecule has 29 heavy (non-hydrogen) atoms. The van der Waals surface area contributed by atoms with E-state index in [4.69, 9.17) is 9.15 Å². The van der Waals surface area contributed by atoms with E-state index in [-0.39, 0.29) is 30.1 Å².